The summed E-state index contributed by atoms with van der Waals surface area (Å²) in [5, 5.41) is 46.8. The predicted octanol–water partition coefficient (Wildman–Crippen LogP) is 6.67. The molecular formula is C61H98N4O20. The number of ketones is 4. The van der Waals surface area contributed by atoms with Crippen LogP contribution in [0.5, 0.6) is 0 Å². The third-order valence-electron chi connectivity index (χ3n) is 13.4. The second-order valence-corrected chi connectivity index (χ2v) is 20.8. The summed E-state index contributed by atoms with van der Waals surface area (Å²) in [4.78, 5) is 139. The van der Waals surface area contributed by atoms with E-state index < -0.39 is 66.0 Å². The first kappa shape index (κ1) is 78.5. The molecule has 482 valence electrons. The van der Waals surface area contributed by atoms with Crippen molar-refractivity contribution in [1.29, 1.82) is 0 Å². The standard InChI is InChI=1S/C41H68N2O15.C20H30N2O5/c1-2-30(38(49)50)28-32(45)22-24-34(40(53)54)43-37(48)29-58-27-26-57-25-17-18-31(44)21-23-33(39(51)52)42-36(47)20-16-14-12-10-8-6-4-3-5-7-9-11-13-15-19-35(46)41(55)56;1-3-19(24)21-11-12-26-13-14-27-15-18(23)5-4-10-22-20(25)17-8-6-16(2)7-9-17/h30,33-34H,2-29H2,1H3,(H,42,47)(H,43,48)(H,49,50)(H,51,52)(H,53,54)(H,55,56);6-9H,3-5,10-15H2,1-2H3,(H,21,24)(H,22,25)/t30?,33-,34-;/m0./s1. The van der Waals surface area contributed by atoms with E-state index in [-0.39, 0.29) is 114 Å². The molecule has 3 atom stereocenters. The zero-order valence-corrected chi connectivity index (χ0v) is 50.5. The van der Waals surface area contributed by atoms with Gasteiger partial charge in [-0.3, -0.25) is 43.2 Å². The van der Waals surface area contributed by atoms with Gasteiger partial charge < -0.3 is 60.6 Å². The average Bonchev–Trinajstić information content (AvgIpc) is 3.62. The number of hydrogen-bond acceptors (Lipinski definition) is 16. The average molecular weight is 1210 g/mol. The minimum Gasteiger partial charge on any atom is -0.481 e. The van der Waals surface area contributed by atoms with E-state index in [2.05, 4.69) is 21.3 Å². The fraction of sp³-hybridized carbons (Fsp3) is 0.705. The van der Waals surface area contributed by atoms with Gasteiger partial charge in [0.2, 0.25) is 23.5 Å². The molecule has 0 radical (unpaired) electrons. The number of unbranched alkanes of at least 4 members (excludes halogenated alkanes) is 13. The molecule has 24 nitrogen and oxygen atoms in total. The van der Waals surface area contributed by atoms with Gasteiger partial charge in [-0.05, 0) is 64.0 Å². The molecule has 85 heavy (non-hydrogen) atoms. The molecule has 0 aliphatic carbocycles. The predicted molar refractivity (Wildman–Crippen MR) is 314 cm³/mol. The number of aryl methyl sites for hydroxylation is 1. The van der Waals surface area contributed by atoms with Gasteiger partial charge in [0.05, 0.1) is 39.0 Å². The first-order valence-corrected chi connectivity index (χ1v) is 30.2. The van der Waals surface area contributed by atoms with E-state index in [0.717, 1.165) is 63.4 Å². The molecule has 0 aliphatic heterocycles. The Labute approximate surface area is 500 Å². The van der Waals surface area contributed by atoms with Crippen molar-refractivity contribution in [2.24, 2.45) is 5.92 Å². The number of nitrogens with one attached hydrogen (secondary N) is 4. The number of rotatable bonds is 55. The Balaban J connectivity index is 0.00000216. The van der Waals surface area contributed by atoms with Gasteiger partial charge in [0.1, 0.15) is 36.9 Å². The van der Waals surface area contributed by atoms with Crippen molar-refractivity contribution in [2.45, 2.75) is 206 Å². The minimum absolute atomic E-state index is 0.00416. The van der Waals surface area contributed by atoms with Crippen molar-refractivity contribution in [3.05, 3.63) is 35.4 Å². The summed E-state index contributed by atoms with van der Waals surface area (Å²) in [6, 6.07) is 4.85. The largest absolute Gasteiger partial charge is 0.481 e. The van der Waals surface area contributed by atoms with E-state index in [0.29, 0.717) is 77.0 Å². The summed E-state index contributed by atoms with van der Waals surface area (Å²) in [6.07, 6.45) is 16.1. The summed E-state index contributed by atoms with van der Waals surface area (Å²) in [7, 11) is 0. The quantitative estimate of drug-likeness (QED) is 0.0249. The molecule has 1 unspecified atom stereocenters. The van der Waals surface area contributed by atoms with Gasteiger partial charge in [-0.25, -0.2) is 14.4 Å². The topological polar surface area (TPSA) is 371 Å². The van der Waals surface area contributed by atoms with Crippen molar-refractivity contribution in [3.8, 4) is 0 Å². The molecule has 1 rings (SSSR count). The number of Topliss-reactive ketones (excluding diaryl/α,β-unsaturated/α-hetero) is 4. The molecule has 4 amide bonds. The maximum absolute atomic E-state index is 12.3. The molecule has 0 fully saturated rings. The van der Waals surface area contributed by atoms with E-state index in [1.54, 1.807) is 26.0 Å². The third-order valence-corrected chi connectivity index (χ3v) is 13.4. The Morgan fingerprint density at radius 3 is 1.44 bits per heavy atom. The third kappa shape index (κ3) is 46.5. The SMILES string of the molecule is CCC(=O)NCCOCCOCC(=O)CCCNC(=O)c1ccc(C)cc1.CCC(CC(=O)CC[C@H](NC(=O)COCCOCCCC(=O)CC[C@H](NC(=O)CCCCCCCCCCCCCCCCC(=O)C(=O)O)C(=O)O)C(=O)O)C(=O)O. The van der Waals surface area contributed by atoms with Crippen LogP contribution < -0.4 is 21.3 Å². The molecule has 8 N–H and O–H groups in total. The van der Waals surface area contributed by atoms with Crippen LogP contribution in [0, 0.1) is 12.8 Å². The molecule has 1 aromatic carbocycles. The fourth-order valence-electron chi connectivity index (χ4n) is 8.25. The van der Waals surface area contributed by atoms with E-state index in [1.165, 1.54) is 19.3 Å². The summed E-state index contributed by atoms with van der Waals surface area (Å²) < 4.78 is 21.1. The molecule has 0 bridgehead atoms. The van der Waals surface area contributed by atoms with Crippen LogP contribution in [0.25, 0.3) is 0 Å². The van der Waals surface area contributed by atoms with Crippen LogP contribution >= 0.6 is 0 Å². The number of carboxylic acid groups (broad SMARTS) is 4. The Kier molecular flexibility index (Phi) is 47.9. The van der Waals surface area contributed by atoms with Crippen molar-refractivity contribution in [2.75, 3.05) is 65.9 Å². The lowest BCUT2D eigenvalue weighted by Gasteiger charge is -2.15. The molecule has 0 saturated carbocycles. The first-order valence-electron chi connectivity index (χ1n) is 30.2. The normalized spacial score (nSPS) is 11.9. The Morgan fingerprint density at radius 2 is 0.918 bits per heavy atom. The highest BCUT2D eigenvalue weighted by Gasteiger charge is 2.24. The summed E-state index contributed by atoms with van der Waals surface area (Å²) in [6.45, 7) is 7.37. The molecule has 0 saturated heterocycles. The number of carbonyl (C=O) groups excluding carboxylic acids is 8. The maximum atomic E-state index is 12.3. The van der Waals surface area contributed by atoms with Crippen molar-refractivity contribution in [3.63, 3.8) is 0 Å². The number of benzene rings is 1. The minimum atomic E-state index is -1.35. The van der Waals surface area contributed by atoms with Crippen molar-refractivity contribution in [1.82, 2.24) is 21.3 Å². The maximum Gasteiger partial charge on any atom is 0.372 e. The van der Waals surface area contributed by atoms with Crippen LogP contribution in [0.3, 0.4) is 0 Å². The Bertz CT molecular complexity index is 2140. The molecule has 0 heterocycles. The van der Waals surface area contributed by atoms with E-state index >= 15 is 0 Å². The number of aliphatic carboxylic acids is 4. The van der Waals surface area contributed by atoms with Crippen LogP contribution in [0.15, 0.2) is 24.3 Å². The highest BCUT2D eigenvalue weighted by Crippen LogP contribution is 2.15. The lowest BCUT2D eigenvalue weighted by molar-refractivity contribution is -0.149. The Hall–Kier alpha value is -6.50. The number of carboxylic acids is 4. The smallest absolute Gasteiger partial charge is 0.372 e. The van der Waals surface area contributed by atoms with Crippen LogP contribution in [-0.2, 0) is 71.7 Å². The monoisotopic (exact) mass is 1210 g/mol. The Morgan fingerprint density at radius 1 is 0.435 bits per heavy atom. The molecule has 0 aliphatic rings. The van der Waals surface area contributed by atoms with Gasteiger partial charge in [-0.15, -0.1) is 0 Å². The summed E-state index contributed by atoms with van der Waals surface area (Å²) >= 11 is 0. The van der Waals surface area contributed by atoms with Gasteiger partial charge in [-0.2, -0.15) is 0 Å². The number of amides is 4. The highest BCUT2D eigenvalue weighted by molar-refractivity contribution is 6.32. The zero-order chi connectivity index (χ0) is 63.5. The van der Waals surface area contributed by atoms with Gasteiger partial charge in [0, 0.05) is 76.6 Å². The molecule has 1 aromatic rings. The van der Waals surface area contributed by atoms with Gasteiger partial charge in [0.15, 0.2) is 5.78 Å². The van der Waals surface area contributed by atoms with Crippen LogP contribution in [0.1, 0.15) is 203 Å². The van der Waals surface area contributed by atoms with Crippen LogP contribution in [0.2, 0.25) is 0 Å². The molecule has 24 heteroatoms. The highest BCUT2D eigenvalue weighted by atomic mass is 16.5. The van der Waals surface area contributed by atoms with Gasteiger partial charge in [-0.1, -0.05) is 109 Å². The first-order chi connectivity index (χ1) is 40.7. The van der Waals surface area contributed by atoms with Crippen molar-refractivity contribution < 1.29 is 96.9 Å². The number of hydrogen-bond donors (Lipinski definition) is 8. The van der Waals surface area contributed by atoms with Gasteiger partial charge >= 0.3 is 23.9 Å². The summed E-state index contributed by atoms with van der Waals surface area (Å²) in [5.74, 6) is -8.31. The number of ether oxygens (including phenoxy) is 4. The zero-order valence-electron chi connectivity index (χ0n) is 50.5. The van der Waals surface area contributed by atoms with Crippen LogP contribution in [0.4, 0.5) is 0 Å². The lowest BCUT2D eigenvalue weighted by Crippen LogP contribution is -2.42. The van der Waals surface area contributed by atoms with E-state index in [4.69, 9.17) is 29.2 Å². The fourth-order valence-corrected chi connectivity index (χ4v) is 8.25. The summed E-state index contributed by atoms with van der Waals surface area (Å²) in [5.41, 5.74) is 1.72. The van der Waals surface area contributed by atoms with Gasteiger partial charge in [0.25, 0.3) is 5.91 Å². The second kappa shape index (κ2) is 51.9. The lowest BCUT2D eigenvalue weighted by atomic mass is 9.96. The van der Waals surface area contributed by atoms with E-state index in [9.17, 15) is 67.7 Å². The molecule has 0 aromatic heterocycles. The second-order valence-electron chi connectivity index (χ2n) is 20.8. The molecular weight excluding hydrogens is 1110 g/mol. The van der Waals surface area contributed by atoms with Crippen molar-refractivity contribution >= 4 is 70.6 Å². The molecule has 0 spiro atoms. The van der Waals surface area contributed by atoms with Crippen LogP contribution in [-0.4, -0.2) is 169 Å². The van der Waals surface area contributed by atoms with E-state index in [1.807, 2.05) is 19.1 Å². The number of carbonyl (C=O) groups is 12.